The zero-order valence-electron chi connectivity index (χ0n) is 15.7. The molecule has 0 bridgehead atoms. The molecule has 2 heterocycles. The van der Waals surface area contributed by atoms with Gasteiger partial charge in [0.25, 0.3) is 5.91 Å². The van der Waals surface area contributed by atoms with Crippen LogP contribution in [0.5, 0.6) is 11.5 Å². The topological polar surface area (TPSA) is 56.2 Å². The van der Waals surface area contributed by atoms with Gasteiger partial charge in [0, 0.05) is 17.7 Å². The Hall–Kier alpha value is -3.86. The number of benzene rings is 3. The highest BCUT2D eigenvalue weighted by Gasteiger charge is 2.28. The first-order chi connectivity index (χ1) is 14.3. The maximum absolute atomic E-state index is 12.8. The zero-order chi connectivity index (χ0) is 19.6. The second kappa shape index (κ2) is 7.28. The van der Waals surface area contributed by atoms with Gasteiger partial charge in [-0.2, -0.15) is 0 Å². The Labute approximate surface area is 168 Å². The smallest absolute Gasteiger partial charge is 0.251 e. The van der Waals surface area contributed by atoms with Crippen molar-refractivity contribution >= 4 is 5.91 Å². The molecule has 0 unspecified atom stereocenters. The average molecular weight is 381 g/mol. The molecule has 1 N–H and O–H groups in total. The van der Waals surface area contributed by atoms with Crippen LogP contribution < -0.4 is 10.1 Å². The Kier molecular flexibility index (Phi) is 4.33. The summed E-state index contributed by atoms with van der Waals surface area (Å²) in [6.07, 6.45) is 3.69. The number of rotatable bonds is 5. The predicted octanol–water partition coefficient (Wildman–Crippen LogP) is 4.68. The number of hydrogen-bond acceptors (Lipinski definition) is 3. The molecule has 29 heavy (non-hydrogen) atoms. The first kappa shape index (κ1) is 17.3. The van der Waals surface area contributed by atoms with Crippen LogP contribution in [0, 0.1) is 0 Å². The summed E-state index contributed by atoms with van der Waals surface area (Å²) in [5.41, 5.74) is 4.02. The zero-order valence-corrected chi connectivity index (χ0v) is 15.7. The Morgan fingerprint density at radius 3 is 2.66 bits per heavy atom. The number of carbonyl (C=O) groups excluding carboxylic acids is 1. The predicted molar refractivity (Wildman–Crippen MR) is 111 cm³/mol. The van der Waals surface area contributed by atoms with E-state index in [-0.39, 0.29) is 11.9 Å². The first-order valence-corrected chi connectivity index (χ1v) is 9.52. The fraction of sp³-hybridized carbons (Fsp3) is 0.0833. The molecular formula is C24H19N3O2. The minimum Gasteiger partial charge on any atom is -0.457 e. The van der Waals surface area contributed by atoms with E-state index in [9.17, 15) is 4.79 Å². The van der Waals surface area contributed by atoms with Crippen molar-refractivity contribution in [2.75, 3.05) is 6.54 Å². The quantitative estimate of drug-likeness (QED) is 0.546. The molecule has 1 amide bonds. The van der Waals surface area contributed by atoms with Gasteiger partial charge in [-0.1, -0.05) is 48.5 Å². The Balaban J connectivity index is 1.31. The van der Waals surface area contributed by atoms with Gasteiger partial charge in [-0.3, -0.25) is 4.79 Å². The molecule has 0 radical (unpaired) electrons. The Morgan fingerprint density at radius 2 is 1.76 bits per heavy atom. The molecule has 1 atom stereocenters. The summed E-state index contributed by atoms with van der Waals surface area (Å²) < 4.78 is 7.95. The highest BCUT2D eigenvalue weighted by Crippen LogP contribution is 2.38. The molecule has 5 nitrogen and oxygen atoms in total. The lowest BCUT2D eigenvalue weighted by molar-refractivity contribution is 0.0950. The average Bonchev–Trinajstić information content (AvgIpc) is 3.34. The molecule has 0 fully saturated rings. The fourth-order valence-corrected chi connectivity index (χ4v) is 3.76. The van der Waals surface area contributed by atoms with Gasteiger partial charge in [-0.05, 0) is 35.9 Å². The van der Waals surface area contributed by atoms with Crippen molar-refractivity contribution < 1.29 is 9.53 Å². The van der Waals surface area contributed by atoms with E-state index in [4.69, 9.17) is 4.74 Å². The van der Waals surface area contributed by atoms with E-state index in [1.807, 2.05) is 67.1 Å². The van der Waals surface area contributed by atoms with E-state index < -0.39 is 0 Å². The number of nitrogens with zero attached hydrogens (tertiary/aromatic N) is 2. The third-order valence-corrected chi connectivity index (χ3v) is 5.13. The molecule has 3 aromatic carbocycles. The molecule has 142 valence electrons. The molecule has 1 aliphatic rings. The molecule has 0 saturated carbocycles. The van der Waals surface area contributed by atoms with Gasteiger partial charge in [0.2, 0.25) is 0 Å². The van der Waals surface area contributed by atoms with Crippen molar-refractivity contribution in [3.63, 3.8) is 0 Å². The van der Waals surface area contributed by atoms with Crippen LogP contribution >= 0.6 is 0 Å². The van der Waals surface area contributed by atoms with Gasteiger partial charge in [-0.25, -0.2) is 4.98 Å². The lowest BCUT2D eigenvalue weighted by Crippen LogP contribution is -2.30. The summed E-state index contributed by atoms with van der Waals surface area (Å²) >= 11 is 0. The van der Waals surface area contributed by atoms with Gasteiger partial charge in [0.15, 0.2) is 0 Å². The van der Waals surface area contributed by atoms with Crippen LogP contribution in [0.4, 0.5) is 0 Å². The van der Waals surface area contributed by atoms with E-state index >= 15 is 0 Å². The number of nitrogens with one attached hydrogen (secondary N) is 1. The summed E-state index contributed by atoms with van der Waals surface area (Å²) in [4.78, 5) is 17.0. The maximum Gasteiger partial charge on any atom is 0.251 e. The molecule has 0 aliphatic carbocycles. The minimum absolute atomic E-state index is 0.0383. The van der Waals surface area contributed by atoms with E-state index in [0.29, 0.717) is 17.9 Å². The van der Waals surface area contributed by atoms with Gasteiger partial charge in [0.1, 0.15) is 11.5 Å². The second-order valence-corrected chi connectivity index (χ2v) is 6.94. The van der Waals surface area contributed by atoms with Crippen LogP contribution in [0.3, 0.4) is 0 Å². The number of carbonyl (C=O) groups is 1. The standard InChI is InChI=1S/C24H19N3O2/c28-24(17-7-6-10-19(13-17)29-18-8-2-1-3-9-18)26-15-23-21-12-5-4-11-20(21)22-14-25-16-27(22)23/h1-14,16,23H,15H2,(H,26,28)/t23-/m1/s1. The van der Waals surface area contributed by atoms with E-state index in [1.54, 1.807) is 12.1 Å². The Bertz CT molecular complexity index is 1170. The fourth-order valence-electron chi connectivity index (χ4n) is 3.76. The lowest BCUT2D eigenvalue weighted by atomic mass is 10.0. The largest absolute Gasteiger partial charge is 0.457 e. The SMILES string of the molecule is O=C(NC[C@@H]1c2ccccc2-c2cncn21)c1cccc(Oc2ccccc2)c1. The van der Waals surface area contributed by atoms with Crippen molar-refractivity contribution in [2.24, 2.45) is 0 Å². The monoisotopic (exact) mass is 381 g/mol. The van der Waals surface area contributed by atoms with E-state index in [0.717, 1.165) is 11.4 Å². The normalized spacial score (nSPS) is 14.1. The molecule has 1 aliphatic heterocycles. The summed E-state index contributed by atoms with van der Waals surface area (Å²) in [5, 5.41) is 3.06. The summed E-state index contributed by atoms with van der Waals surface area (Å²) in [7, 11) is 0. The van der Waals surface area contributed by atoms with Crippen LogP contribution in [0.25, 0.3) is 11.3 Å². The lowest BCUT2D eigenvalue weighted by Gasteiger charge is -2.16. The molecule has 5 heteroatoms. The molecule has 5 rings (SSSR count). The maximum atomic E-state index is 12.8. The number of amides is 1. The number of para-hydroxylation sites is 1. The van der Waals surface area contributed by atoms with Crippen molar-refractivity contribution in [1.82, 2.24) is 14.9 Å². The number of fused-ring (bicyclic) bond motifs is 3. The third-order valence-electron chi connectivity index (χ3n) is 5.13. The number of ether oxygens (including phenoxy) is 1. The molecule has 0 saturated heterocycles. The van der Waals surface area contributed by atoms with Crippen molar-refractivity contribution in [3.8, 4) is 22.8 Å². The van der Waals surface area contributed by atoms with Gasteiger partial charge < -0.3 is 14.6 Å². The third kappa shape index (κ3) is 3.27. The molecular weight excluding hydrogens is 362 g/mol. The summed E-state index contributed by atoms with van der Waals surface area (Å²) in [6.45, 7) is 0.489. The van der Waals surface area contributed by atoms with Crippen LogP contribution in [-0.4, -0.2) is 22.0 Å². The first-order valence-electron chi connectivity index (χ1n) is 9.52. The van der Waals surface area contributed by atoms with E-state index in [2.05, 4.69) is 27.0 Å². The number of hydrogen-bond donors (Lipinski definition) is 1. The van der Waals surface area contributed by atoms with Crippen LogP contribution in [0.15, 0.2) is 91.4 Å². The molecule has 1 aromatic heterocycles. The van der Waals surface area contributed by atoms with Crippen LogP contribution in [0.2, 0.25) is 0 Å². The molecule has 4 aromatic rings. The highest BCUT2D eigenvalue weighted by atomic mass is 16.5. The summed E-state index contributed by atoms with van der Waals surface area (Å²) in [5.74, 6) is 1.24. The highest BCUT2D eigenvalue weighted by molar-refractivity contribution is 5.94. The van der Waals surface area contributed by atoms with E-state index in [1.165, 1.54) is 11.1 Å². The van der Waals surface area contributed by atoms with Crippen LogP contribution in [-0.2, 0) is 0 Å². The minimum atomic E-state index is -0.130. The number of imidazole rings is 1. The Morgan fingerprint density at radius 1 is 0.966 bits per heavy atom. The summed E-state index contributed by atoms with van der Waals surface area (Å²) in [6, 6.07) is 25.0. The van der Waals surface area contributed by atoms with Crippen molar-refractivity contribution in [2.45, 2.75) is 6.04 Å². The van der Waals surface area contributed by atoms with Crippen LogP contribution in [0.1, 0.15) is 22.0 Å². The molecule has 0 spiro atoms. The van der Waals surface area contributed by atoms with Crippen molar-refractivity contribution in [1.29, 1.82) is 0 Å². The van der Waals surface area contributed by atoms with Crippen molar-refractivity contribution in [3.05, 3.63) is 103 Å². The number of aromatic nitrogens is 2. The second-order valence-electron chi connectivity index (χ2n) is 6.94. The van der Waals surface area contributed by atoms with Gasteiger partial charge in [0.05, 0.1) is 24.3 Å². The van der Waals surface area contributed by atoms with Gasteiger partial charge >= 0.3 is 0 Å². The van der Waals surface area contributed by atoms with Gasteiger partial charge in [-0.15, -0.1) is 0 Å².